The molecule has 0 saturated carbocycles. The Morgan fingerprint density at radius 3 is 0.892 bits per heavy atom. The first-order valence-electron chi connectivity index (χ1n) is 32.4. The maximum absolute atomic E-state index is 6.24. The summed E-state index contributed by atoms with van der Waals surface area (Å²) in [5, 5.41) is 7.40. The summed E-state index contributed by atoms with van der Waals surface area (Å²) < 4.78 is 15.2. The molecule has 0 radical (unpaired) electrons. The van der Waals surface area contributed by atoms with Gasteiger partial charge in [0.05, 0.1) is 28.3 Å². The lowest BCUT2D eigenvalue weighted by atomic mass is 9.79. The number of rotatable bonds is 12. The van der Waals surface area contributed by atoms with Crippen LogP contribution in [-0.2, 0) is 9.31 Å². The van der Waals surface area contributed by atoms with Gasteiger partial charge >= 0.3 is 7.12 Å². The van der Waals surface area contributed by atoms with Gasteiger partial charge in [0.1, 0.15) is 0 Å². The molecule has 15 rings (SSSR count). The van der Waals surface area contributed by atoms with Crippen molar-refractivity contribution in [1.29, 1.82) is 0 Å². The average molecular weight is 1350 g/mol. The summed E-state index contributed by atoms with van der Waals surface area (Å²) in [6.07, 6.45) is 9.75. The standard InChI is InChI=1S/C50H40N2.C28H28BNO2.C6H8Br2.CH4/c1-3-19-41(20-4-1)51(49-27-13-17-37-15-7-9-25-47(37)49)43-33-29-39(30-34-43)45-23-11-12-24-46(45)40-31-35-44(36-32-40)52(42-21-5-2-6-22-42)50-28-14-18-38-16-8-10-26-48(38)50;1-27(2)28(3,4)32-29(31-27)22-17-19-24(20-18-22)30(23-13-6-5-7-14-23)26-16-10-12-21-11-8-9-15-25(21)26;7-5-3-1-2-4-6(5)8;/h1-10,13-22,25-36H,11-12,23-24H2;5-20H,1-4H3;1-4H2;1H4. The monoisotopic (exact) mass is 1340 g/mol. The molecule has 0 bridgehead atoms. The van der Waals surface area contributed by atoms with E-state index in [9.17, 15) is 0 Å². The van der Waals surface area contributed by atoms with E-state index in [4.69, 9.17) is 9.31 Å². The Hall–Kier alpha value is -8.76. The molecular weight excluding hydrogens is 1270 g/mol. The Morgan fingerprint density at radius 1 is 0.301 bits per heavy atom. The van der Waals surface area contributed by atoms with E-state index in [1.165, 1.54) is 113 Å². The molecule has 0 spiro atoms. The highest BCUT2D eigenvalue weighted by atomic mass is 79.9. The number of anilines is 9. The Morgan fingerprint density at radius 2 is 0.570 bits per heavy atom. The van der Waals surface area contributed by atoms with E-state index in [0.717, 1.165) is 58.1 Å². The van der Waals surface area contributed by atoms with Crippen molar-refractivity contribution in [2.75, 3.05) is 14.7 Å². The lowest BCUT2D eigenvalue weighted by Gasteiger charge is -2.32. The Balaban J connectivity index is 0.000000172. The van der Waals surface area contributed by atoms with Crippen molar-refractivity contribution in [1.82, 2.24) is 0 Å². The van der Waals surface area contributed by atoms with Gasteiger partial charge in [0.15, 0.2) is 0 Å². The molecular formula is C85H80BBr2N3O2. The fraction of sp³-hybridized carbons (Fsp3) is 0.176. The molecule has 0 N–H and O–H groups in total. The van der Waals surface area contributed by atoms with Crippen LogP contribution in [0.3, 0.4) is 0 Å². The van der Waals surface area contributed by atoms with Crippen molar-refractivity contribution in [3.8, 4) is 0 Å². The fourth-order valence-electron chi connectivity index (χ4n) is 13.0. The molecule has 1 aliphatic heterocycles. The van der Waals surface area contributed by atoms with Gasteiger partial charge in [0.2, 0.25) is 0 Å². The maximum Gasteiger partial charge on any atom is 0.494 e. The number of para-hydroxylation sites is 3. The second-order valence-corrected chi connectivity index (χ2v) is 26.9. The zero-order valence-corrected chi connectivity index (χ0v) is 56.0. The zero-order chi connectivity index (χ0) is 63.0. The molecule has 1 saturated heterocycles. The molecule has 0 aromatic heterocycles. The van der Waals surface area contributed by atoms with Gasteiger partial charge in [-0.2, -0.15) is 0 Å². The molecule has 12 aromatic rings. The third-order valence-electron chi connectivity index (χ3n) is 18.5. The summed E-state index contributed by atoms with van der Waals surface area (Å²) in [6, 6.07) is 104. The molecule has 8 heteroatoms. The predicted octanol–water partition coefficient (Wildman–Crippen LogP) is 25.2. The topological polar surface area (TPSA) is 28.2 Å². The minimum absolute atomic E-state index is 0. The number of nitrogens with zero attached hydrogens (tertiary/aromatic N) is 3. The summed E-state index contributed by atoms with van der Waals surface area (Å²) in [5.74, 6) is 0. The van der Waals surface area contributed by atoms with Crippen LogP contribution in [0, 0.1) is 0 Å². The van der Waals surface area contributed by atoms with Gasteiger partial charge in [-0.3, -0.25) is 0 Å². The van der Waals surface area contributed by atoms with E-state index in [0.29, 0.717) is 0 Å². The van der Waals surface area contributed by atoms with Gasteiger partial charge in [-0.1, -0.05) is 239 Å². The van der Waals surface area contributed by atoms with E-state index >= 15 is 0 Å². The Kier molecular flexibility index (Phi) is 20.1. The number of hydrogen-bond acceptors (Lipinski definition) is 5. The lowest BCUT2D eigenvalue weighted by Crippen LogP contribution is -2.41. The molecule has 0 atom stereocenters. The molecule has 12 aromatic carbocycles. The molecule has 464 valence electrons. The van der Waals surface area contributed by atoms with Crippen molar-refractivity contribution < 1.29 is 9.31 Å². The molecule has 5 nitrogen and oxygen atoms in total. The average Bonchev–Trinajstić information content (AvgIpc) is 1.87. The van der Waals surface area contributed by atoms with Crippen LogP contribution in [0.4, 0.5) is 51.2 Å². The van der Waals surface area contributed by atoms with Crippen molar-refractivity contribution in [2.24, 2.45) is 0 Å². The van der Waals surface area contributed by atoms with Crippen LogP contribution >= 0.6 is 31.9 Å². The fourth-order valence-corrected chi connectivity index (χ4v) is 13.9. The first-order valence-corrected chi connectivity index (χ1v) is 34.0. The van der Waals surface area contributed by atoms with E-state index in [-0.39, 0.29) is 25.7 Å². The summed E-state index contributed by atoms with van der Waals surface area (Å²) in [6.45, 7) is 8.33. The summed E-state index contributed by atoms with van der Waals surface area (Å²) >= 11 is 6.97. The van der Waals surface area contributed by atoms with Crippen molar-refractivity contribution in [2.45, 2.75) is 97.7 Å². The molecule has 1 fully saturated rings. The highest BCUT2D eigenvalue weighted by molar-refractivity contribution is 9.14. The number of allylic oxidation sites excluding steroid dienone is 4. The van der Waals surface area contributed by atoms with Crippen LogP contribution in [0.25, 0.3) is 43.5 Å². The van der Waals surface area contributed by atoms with Gasteiger partial charge < -0.3 is 24.0 Å². The number of benzene rings is 12. The van der Waals surface area contributed by atoms with Crippen LogP contribution in [0.1, 0.15) is 97.6 Å². The number of fused-ring (bicyclic) bond motifs is 3. The maximum atomic E-state index is 6.24. The summed E-state index contributed by atoms with van der Waals surface area (Å²) in [5.41, 5.74) is 16.2. The third kappa shape index (κ3) is 14.1. The van der Waals surface area contributed by atoms with E-state index in [1.807, 2.05) is 6.07 Å². The van der Waals surface area contributed by atoms with Crippen LogP contribution < -0.4 is 20.2 Å². The van der Waals surface area contributed by atoms with Crippen LogP contribution in [0.5, 0.6) is 0 Å². The van der Waals surface area contributed by atoms with Gasteiger partial charge in [-0.05, 0) is 214 Å². The number of halogens is 2. The SMILES string of the molecule is BrC1=C(Br)CCCC1.C.CC1(C)OB(c2ccc(N(c3ccccc3)c3cccc4ccccc34)cc2)OC1(C)C.c1ccc(N(c2ccc(C3=C(c4ccc(N(c5ccccc5)c5cccc6ccccc56)cc4)CCCC3)cc2)c2cccc3ccccc23)cc1. The van der Waals surface area contributed by atoms with Gasteiger partial charge in [0, 0.05) is 59.2 Å². The second kappa shape index (κ2) is 29.0. The van der Waals surface area contributed by atoms with Crippen molar-refractivity contribution >= 4 is 139 Å². The summed E-state index contributed by atoms with van der Waals surface area (Å²) in [4.78, 5) is 7.07. The normalized spacial score (nSPS) is 15.0. The first-order chi connectivity index (χ1) is 45.0. The van der Waals surface area contributed by atoms with E-state index in [2.05, 4.69) is 359 Å². The Bertz CT molecular complexity index is 4330. The van der Waals surface area contributed by atoms with Crippen LogP contribution in [-0.4, -0.2) is 18.3 Å². The Labute approximate surface area is 568 Å². The number of hydrogen-bond donors (Lipinski definition) is 0. The summed E-state index contributed by atoms with van der Waals surface area (Å²) in [7, 11) is -0.364. The highest BCUT2D eigenvalue weighted by Crippen LogP contribution is 2.45. The zero-order valence-electron chi connectivity index (χ0n) is 52.9. The molecule has 1 heterocycles. The molecule has 3 aliphatic rings. The minimum atomic E-state index is -0.364. The van der Waals surface area contributed by atoms with Gasteiger partial charge in [-0.15, -0.1) is 0 Å². The molecule has 93 heavy (non-hydrogen) atoms. The van der Waals surface area contributed by atoms with Crippen LogP contribution in [0.2, 0.25) is 0 Å². The predicted molar refractivity (Wildman–Crippen MR) is 407 cm³/mol. The largest absolute Gasteiger partial charge is 0.494 e. The van der Waals surface area contributed by atoms with Crippen LogP contribution in [0.15, 0.2) is 300 Å². The minimum Gasteiger partial charge on any atom is -0.399 e. The lowest BCUT2D eigenvalue weighted by molar-refractivity contribution is 0.00578. The first kappa shape index (κ1) is 64.4. The smallest absolute Gasteiger partial charge is 0.399 e. The molecule has 0 unspecified atom stereocenters. The quantitative estimate of drug-likeness (QED) is 0.114. The molecule has 2 aliphatic carbocycles. The second-order valence-electron chi connectivity index (χ2n) is 25.0. The third-order valence-corrected chi connectivity index (χ3v) is 20.8. The molecule has 0 amide bonds. The highest BCUT2D eigenvalue weighted by Gasteiger charge is 2.51. The van der Waals surface area contributed by atoms with Gasteiger partial charge in [-0.25, -0.2) is 0 Å². The van der Waals surface area contributed by atoms with Crippen molar-refractivity contribution in [3.05, 3.63) is 311 Å². The van der Waals surface area contributed by atoms with Crippen molar-refractivity contribution in [3.63, 3.8) is 0 Å². The van der Waals surface area contributed by atoms with E-state index < -0.39 is 0 Å². The van der Waals surface area contributed by atoms with E-state index in [1.54, 1.807) is 0 Å². The van der Waals surface area contributed by atoms with Gasteiger partial charge in [0.25, 0.3) is 0 Å².